The summed E-state index contributed by atoms with van der Waals surface area (Å²) in [5.41, 5.74) is 0.800. The summed E-state index contributed by atoms with van der Waals surface area (Å²) < 4.78 is 5.76. The normalized spacial score (nSPS) is 31.6. The Hall–Kier alpha value is -1.55. The van der Waals surface area contributed by atoms with Crippen LogP contribution >= 0.6 is 0 Å². The zero-order chi connectivity index (χ0) is 11.8. The molecule has 4 nitrogen and oxygen atoms in total. The number of fused-ring (bicyclic) bond motifs is 1. The van der Waals surface area contributed by atoms with Crippen molar-refractivity contribution in [3.8, 4) is 5.75 Å². The molecule has 1 aromatic rings. The van der Waals surface area contributed by atoms with Gasteiger partial charge in [0.25, 0.3) is 0 Å². The number of hydrogen-bond donors (Lipinski definition) is 2. The molecular formula is C13H15NO3. The summed E-state index contributed by atoms with van der Waals surface area (Å²) in [6.45, 7) is 0. The molecule has 0 aromatic heterocycles. The smallest absolute Gasteiger partial charge is 0.216 e. The second-order valence-electron chi connectivity index (χ2n) is 4.68. The van der Waals surface area contributed by atoms with Crippen molar-refractivity contribution in [3.05, 3.63) is 29.8 Å². The Labute approximate surface area is 99.6 Å². The molecule has 2 aliphatic rings. The first kappa shape index (κ1) is 10.6. The second kappa shape index (κ2) is 4.04. The van der Waals surface area contributed by atoms with Crippen molar-refractivity contribution in [1.29, 1.82) is 0 Å². The van der Waals surface area contributed by atoms with Crippen LogP contribution in [0.5, 0.6) is 5.75 Å². The molecule has 90 valence electrons. The number of ether oxygens (including phenoxy) is 1. The van der Waals surface area contributed by atoms with Gasteiger partial charge in [0.05, 0.1) is 12.1 Å². The van der Waals surface area contributed by atoms with Crippen molar-refractivity contribution in [2.24, 2.45) is 4.99 Å². The van der Waals surface area contributed by atoms with Crippen molar-refractivity contribution in [2.45, 2.75) is 37.5 Å². The van der Waals surface area contributed by atoms with E-state index in [0.717, 1.165) is 18.4 Å². The minimum atomic E-state index is -0.269. The Kier molecular flexibility index (Phi) is 2.52. The van der Waals surface area contributed by atoms with E-state index in [2.05, 4.69) is 4.99 Å². The Morgan fingerprint density at radius 3 is 3.00 bits per heavy atom. The van der Waals surface area contributed by atoms with Crippen LogP contribution in [0, 0.1) is 0 Å². The molecule has 0 radical (unpaired) electrons. The van der Waals surface area contributed by atoms with Gasteiger partial charge in [-0.05, 0) is 31.0 Å². The first-order valence-corrected chi connectivity index (χ1v) is 5.94. The zero-order valence-corrected chi connectivity index (χ0v) is 9.41. The Balaban J connectivity index is 1.82. The van der Waals surface area contributed by atoms with Crippen molar-refractivity contribution in [2.75, 3.05) is 0 Å². The highest BCUT2D eigenvalue weighted by Crippen LogP contribution is 2.30. The van der Waals surface area contributed by atoms with Crippen LogP contribution in [0.1, 0.15) is 24.8 Å². The fourth-order valence-corrected chi connectivity index (χ4v) is 2.47. The maximum atomic E-state index is 9.59. The fourth-order valence-electron chi connectivity index (χ4n) is 2.47. The lowest BCUT2D eigenvalue weighted by molar-refractivity contribution is 0.0507. The minimum Gasteiger partial charge on any atom is -0.508 e. The van der Waals surface area contributed by atoms with Gasteiger partial charge >= 0.3 is 0 Å². The number of phenolic OH excluding ortho intramolecular Hbond substituents is 1. The number of rotatable bonds is 1. The van der Waals surface area contributed by atoms with Crippen molar-refractivity contribution in [3.63, 3.8) is 0 Å². The molecule has 0 spiro atoms. The predicted octanol–water partition coefficient (Wildman–Crippen LogP) is 1.45. The quantitative estimate of drug-likeness (QED) is 0.771. The van der Waals surface area contributed by atoms with Crippen molar-refractivity contribution in [1.82, 2.24) is 0 Å². The molecule has 17 heavy (non-hydrogen) atoms. The summed E-state index contributed by atoms with van der Waals surface area (Å²) in [5, 5.41) is 19.0. The number of aliphatic imine (C=N–C) groups is 1. The van der Waals surface area contributed by atoms with E-state index in [1.54, 1.807) is 18.2 Å². The zero-order valence-electron chi connectivity index (χ0n) is 9.41. The predicted molar refractivity (Wildman–Crippen MR) is 63.2 cm³/mol. The van der Waals surface area contributed by atoms with Gasteiger partial charge in [-0.2, -0.15) is 0 Å². The summed E-state index contributed by atoms with van der Waals surface area (Å²) in [6.07, 6.45) is 2.04. The monoisotopic (exact) mass is 233 g/mol. The first-order valence-electron chi connectivity index (χ1n) is 5.94. The molecule has 0 saturated heterocycles. The van der Waals surface area contributed by atoms with Gasteiger partial charge in [-0.1, -0.05) is 6.07 Å². The number of aliphatic hydroxyl groups is 1. The van der Waals surface area contributed by atoms with Gasteiger partial charge in [-0.15, -0.1) is 0 Å². The maximum Gasteiger partial charge on any atom is 0.216 e. The summed E-state index contributed by atoms with van der Waals surface area (Å²) >= 11 is 0. The SMILES string of the molecule is Oc1cccc(C2=NC3CCC(O)CC3O2)c1. The summed E-state index contributed by atoms with van der Waals surface area (Å²) in [6, 6.07) is 7.07. The van der Waals surface area contributed by atoms with E-state index in [1.807, 2.05) is 6.07 Å². The summed E-state index contributed by atoms with van der Waals surface area (Å²) in [7, 11) is 0. The van der Waals surface area contributed by atoms with Gasteiger partial charge in [0, 0.05) is 12.0 Å². The first-order chi connectivity index (χ1) is 8.22. The molecule has 1 aliphatic carbocycles. The molecular weight excluding hydrogens is 218 g/mol. The third kappa shape index (κ3) is 2.00. The number of nitrogens with zero attached hydrogens (tertiary/aromatic N) is 1. The van der Waals surface area contributed by atoms with E-state index >= 15 is 0 Å². The van der Waals surface area contributed by atoms with E-state index in [1.165, 1.54) is 0 Å². The highest BCUT2D eigenvalue weighted by atomic mass is 16.5. The number of benzene rings is 1. The second-order valence-corrected chi connectivity index (χ2v) is 4.68. The van der Waals surface area contributed by atoms with E-state index in [9.17, 15) is 10.2 Å². The van der Waals surface area contributed by atoms with Gasteiger partial charge in [-0.25, -0.2) is 4.99 Å². The van der Waals surface area contributed by atoms with Crippen LogP contribution in [-0.2, 0) is 4.74 Å². The summed E-state index contributed by atoms with van der Waals surface area (Å²) in [4.78, 5) is 4.53. The standard InChI is InChI=1S/C13H15NO3/c15-9-3-1-2-8(6-9)13-14-11-5-4-10(16)7-12(11)17-13/h1-3,6,10-12,15-16H,4-5,7H2. The highest BCUT2D eigenvalue weighted by Gasteiger charge is 2.36. The molecule has 2 N–H and O–H groups in total. The summed E-state index contributed by atoms with van der Waals surface area (Å²) in [5.74, 6) is 0.800. The third-order valence-electron chi connectivity index (χ3n) is 3.37. The Morgan fingerprint density at radius 2 is 2.18 bits per heavy atom. The molecule has 3 rings (SSSR count). The minimum absolute atomic E-state index is 0.00361. The third-order valence-corrected chi connectivity index (χ3v) is 3.37. The Bertz CT molecular complexity index is 458. The number of aromatic hydroxyl groups is 1. The van der Waals surface area contributed by atoms with Crippen molar-refractivity contribution >= 4 is 5.90 Å². The average Bonchev–Trinajstić information content (AvgIpc) is 2.72. The molecule has 4 heteroatoms. The Morgan fingerprint density at radius 1 is 1.29 bits per heavy atom. The van der Waals surface area contributed by atoms with Gasteiger partial charge in [0.2, 0.25) is 5.90 Å². The molecule has 1 aromatic carbocycles. The van der Waals surface area contributed by atoms with E-state index in [0.29, 0.717) is 12.3 Å². The highest BCUT2D eigenvalue weighted by molar-refractivity contribution is 5.95. The molecule has 1 heterocycles. The van der Waals surface area contributed by atoms with Crippen LogP contribution in [0.25, 0.3) is 0 Å². The van der Waals surface area contributed by atoms with E-state index < -0.39 is 0 Å². The van der Waals surface area contributed by atoms with E-state index in [-0.39, 0.29) is 24.0 Å². The van der Waals surface area contributed by atoms with Gasteiger partial charge in [0.15, 0.2) is 0 Å². The fraction of sp³-hybridized carbons (Fsp3) is 0.462. The lowest BCUT2D eigenvalue weighted by Gasteiger charge is -2.26. The largest absolute Gasteiger partial charge is 0.508 e. The van der Waals surface area contributed by atoms with Crippen molar-refractivity contribution < 1.29 is 14.9 Å². The number of aliphatic hydroxyl groups excluding tert-OH is 1. The van der Waals surface area contributed by atoms with Gasteiger partial charge in [-0.3, -0.25) is 0 Å². The number of phenols is 1. The molecule has 1 fully saturated rings. The van der Waals surface area contributed by atoms with Crippen LogP contribution < -0.4 is 0 Å². The van der Waals surface area contributed by atoms with Crippen LogP contribution in [0.3, 0.4) is 0 Å². The van der Waals surface area contributed by atoms with Crippen LogP contribution in [0.2, 0.25) is 0 Å². The molecule has 0 bridgehead atoms. The lowest BCUT2D eigenvalue weighted by Crippen LogP contribution is -2.33. The van der Waals surface area contributed by atoms with Gasteiger partial charge < -0.3 is 14.9 Å². The molecule has 3 atom stereocenters. The molecule has 1 aliphatic heterocycles. The number of hydrogen-bond acceptors (Lipinski definition) is 4. The maximum absolute atomic E-state index is 9.59. The average molecular weight is 233 g/mol. The molecule has 1 saturated carbocycles. The van der Waals surface area contributed by atoms with Crippen LogP contribution in [0.4, 0.5) is 0 Å². The van der Waals surface area contributed by atoms with Gasteiger partial charge in [0.1, 0.15) is 11.9 Å². The van der Waals surface area contributed by atoms with E-state index in [4.69, 9.17) is 4.74 Å². The molecule has 0 amide bonds. The lowest BCUT2D eigenvalue weighted by atomic mass is 9.91. The van der Waals surface area contributed by atoms with Crippen LogP contribution in [0.15, 0.2) is 29.3 Å². The van der Waals surface area contributed by atoms with Crippen LogP contribution in [-0.4, -0.2) is 34.4 Å². The molecule has 3 unspecified atom stereocenters. The topological polar surface area (TPSA) is 62.1 Å².